The highest BCUT2D eigenvalue weighted by atomic mass is 35.5. The molecule has 1 aliphatic rings. The lowest BCUT2D eigenvalue weighted by atomic mass is 9.81. The van der Waals surface area contributed by atoms with Crippen LogP contribution >= 0.6 is 0 Å². The molecule has 1 aromatic heterocycles. The molecule has 1 saturated carbocycles. The average Bonchev–Trinajstić information content (AvgIpc) is 2.96. The van der Waals surface area contributed by atoms with Crippen LogP contribution in [0.4, 0.5) is 0 Å². The van der Waals surface area contributed by atoms with Crippen molar-refractivity contribution in [2.45, 2.75) is 90.2 Å². The molecule has 0 unspecified atom stereocenters. The summed E-state index contributed by atoms with van der Waals surface area (Å²) in [4.78, 5) is 30.3. The Morgan fingerprint density at radius 1 is 0.949 bits per heavy atom. The van der Waals surface area contributed by atoms with Crippen LogP contribution in [0.1, 0.15) is 82.3 Å². The van der Waals surface area contributed by atoms with E-state index < -0.39 is 6.04 Å². The van der Waals surface area contributed by atoms with Crippen LogP contribution in [0.5, 0.6) is 5.75 Å². The maximum atomic E-state index is 13.2. The minimum atomic E-state index is -0.586. The Balaban J connectivity index is 0.00000533. The summed E-state index contributed by atoms with van der Waals surface area (Å²) in [5, 5.41) is 6.17. The second-order valence-corrected chi connectivity index (χ2v) is 10.6. The van der Waals surface area contributed by atoms with Gasteiger partial charge in [0.25, 0.3) is 0 Å². The normalized spacial score (nSPS) is 17.5. The summed E-state index contributed by atoms with van der Waals surface area (Å²) in [7, 11) is 0. The van der Waals surface area contributed by atoms with Gasteiger partial charge in [0.05, 0.1) is 6.54 Å². The molecule has 39 heavy (non-hydrogen) atoms. The quantitative estimate of drug-likeness (QED) is 0.269. The Hall–Kier alpha value is -2.64. The van der Waals surface area contributed by atoms with Crippen molar-refractivity contribution in [3.63, 3.8) is 0 Å². The first kappa shape index (κ1) is 32.6. The molecule has 7 nitrogen and oxygen atoms in total. The Labute approximate surface area is 240 Å². The van der Waals surface area contributed by atoms with Gasteiger partial charge in [0, 0.05) is 37.2 Å². The fourth-order valence-corrected chi connectivity index (χ4v) is 5.06. The molecule has 2 amide bonds. The van der Waals surface area contributed by atoms with E-state index in [1.165, 1.54) is 25.7 Å². The summed E-state index contributed by atoms with van der Waals surface area (Å²) in [6.45, 7) is 4.26. The van der Waals surface area contributed by atoms with Gasteiger partial charge in [-0.15, -0.1) is 0 Å². The minimum Gasteiger partial charge on any atom is -1.00 e. The Morgan fingerprint density at radius 3 is 2.28 bits per heavy atom. The number of quaternary nitrogens is 1. The molecule has 0 bridgehead atoms. The molecule has 2 aromatic rings. The zero-order valence-corrected chi connectivity index (χ0v) is 24.3. The molecule has 1 atom stereocenters. The first-order chi connectivity index (χ1) is 18.6. The molecule has 1 aromatic carbocycles. The number of ether oxygens (including phenoxy) is 1. The third-order valence-electron chi connectivity index (χ3n) is 7.61. The van der Waals surface area contributed by atoms with Gasteiger partial charge < -0.3 is 33.5 Å². The van der Waals surface area contributed by atoms with E-state index in [9.17, 15) is 9.59 Å². The second-order valence-electron chi connectivity index (χ2n) is 10.6. The van der Waals surface area contributed by atoms with Crippen LogP contribution in [0, 0.1) is 11.8 Å². The number of amides is 2. The van der Waals surface area contributed by atoms with Gasteiger partial charge in [-0.25, -0.2) is 0 Å². The zero-order valence-electron chi connectivity index (χ0n) is 23.5. The first-order valence-electron chi connectivity index (χ1n) is 14.6. The highest BCUT2D eigenvalue weighted by Gasteiger charge is 2.29. The third kappa shape index (κ3) is 12.0. The maximum Gasteiger partial charge on any atom is 0.242 e. The number of nitrogens with one attached hydrogen (secondary N) is 2. The van der Waals surface area contributed by atoms with Crippen LogP contribution in [0.15, 0.2) is 48.8 Å². The lowest BCUT2D eigenvalue weighted by Gasteiger charge is -2.27. The molecule has 3 rings (SSSR count). The summed E-state index contributed by atoms with van der Waals surface area (Å²) in [6, 6.07) is 11.1. The van der Waals surface area contributed by atoms with Crippen molar-refractivity contribution in [2.24, 2.45) is 11.8 Å². The van der Waals surface area contributed by atoms with E-state index in [1.54, 1.807) is 12.4 Å². The molecule has 0 aliphatic heterocycles. The van der Waals surface area contributed by atoms with Crippen molar-refractivity contribution < 1.29 is 32.5 Å². The number of pyridine rings is 1. The number of carbonyl (C=O) groups excluding carboxylic acids is 2. The molecule has 5 N–H and O–H groups in total. The van der Waals surface area contributed by atoms with E-state index in [0.717, 1.165) is 61.9 Å². The molecule has 1 heterocycles. The maximum absolute atomic E-state index is 13.2. The minimum absolute atomic E-state index is 0. The number of halogens is 1. The average molecular weight is 559 g/mol. The molecule has 0 radical (unpaired) electrons. The number of benzene rings is 1. The van der Waals surface area contributed by atoms with Crippen molar-refractivity contribution in [1.82, 2.24) is 15.6 Å². The number of unbranched alkanes of at least 4 members (excludes halogenated alkanes) is 5. The standard InChI is InChI=1S/C31H46N4O3.ClH/c1-2-3-4-5-6-7-18-34-31(37)29(35-30(36)27-12-8-25(22-32)9-13-27)21-24-10-14-28(15-11-24)38-23-26-16-19-33-20-17-26;/h10-11,14-17,19-20,25,27,29H,2-9,12-13,18,21-23,32H2,1H3,(H,34,37)(H,35,36);1H/t25?,27?,29-;/m0./s1. The van der Waals surface area contributed by atoms with Crippen molar-refractivity contribution >= 4 is 11.8 Å². The van der Waals surface area contributed by atoms with Gasteiger partial charge in [-0.05, 0) is 67.5 Å². The van der Waals surface area contributed by atoms with Gasteiger partial charge in [0.1, 0.15) is 18.4 Å². The van der Waals surface area contributed by atoms with Crippen molar-refractivity contribution in [1.29, 1.82) is 0 Å². The number of hydrogen-bond acceptors (Lipinski definition) is 4. The van der Waals surface area contributed by atoms with Crippen LogP contribution in [-0.2, 0) is 22.6 Å². The number of carbonyl (C=O) groups is 2. The topological polar surface area (TPSA) is 108 Å². The fraction of sp³-hybridized carbons (Fsp3) is 0.581. The molecule has 216 valence electrons. The van der Waals surface area contributed by atoms with Crippen LogP contribution in [0.25, 0.3) is 0 Å². The molecule has 0 saturated heterocycles. The van der Waals surface area contributed by atoms with Crippen molar-refractivity contribution in [3.05, 3.63) is 59.9 Å². The van der Waals surface area contributed by atoms with Crippen LogP contribution in [-0.4, -0.2) is 35.9 Å². The number of hydrogen-bond donors (Lipinski definition) is 3. The Kier molecular flexibility index (Phi) is 15.5. The van der Waals surface area contributed by atoms with E-state index in [2.05, 4.69) is 28.3 Å². The monoisotopic (exact) mass is 558 g/mol. The molecule has 1 aliphatic carbocycles. The van der Waals surface area contributed by atoms with Crippen LogP contribution in [0.2, 0.25) is 0 Å². The van der Waals surface area contributed by atoms with Gasteiger partial charge in [-0.3, -0.25) is 14.6 Å². The summed E-state index contributed by atoms with van der Waals surface area (Å²) < 4.78 is 5.88. The van der Waals surface area contributed by atoms with Gasteiger partial charge >= 0.3 is 0 Å². The molecular weight excluding hydrogens is 512 g/mol. The van der Waals surface area contributed by atoms with Gasteiger partial charge in [0.2, 0.25) is 11.8 Å². The van der Waals surface area contributed by atoms with E-state index in [4.69, 9.17) is 4.74 Å². The molecule has 8 heteroatoms. The third-order valence-corrected chi connectivity index (χ3v) is 7.61. The highest BCUT2D eigenvalue weighted by molar-refractivity contribution is 5.88. The lowest BCUT2D eigenvalue weighted by Crippen LogP contribution is -3.00. The largest absolute Gasteiger partial charge is 1.00 e. The van der Waals surface area contributed by atoms with E-state index in [1.807, 2.05) is 36.4 Å². The van der Waals surface area contributed by atoms with Gasteiger partial charge in [0.15, 0.2) is 0 Å². The van der Waals surface area contributed by atoms with E-state index >= 15 is 0 Å². The van der Waals surface area contributed by atoms with Crippen molar-refractivity contribution in [2.75, 3.05) is 13.1 Å². The summed E-state index contributed by atoms with van der Waals surface area (Å²) in [5.74, 6) is 1.27. The summed E-state index contributed by atoms with van der Waals surface area (Å²) in [6.07, 6.45) is 14.8. The molecular formula is C31H47ClN4O3. The highest BCUT2D eigenvalue weighted by Crippen LogP contribution is 2.28. The Bertz CT molecular complexity index is 950. The van der Waals surface area contributed by atoms with Crippen LogP contribution in [0.3, 0.4) is 0 Å². The smallest absolute Gasteiger partial charge is 0.242 e. The fourth-order valence-electron chi connectivity index (χ4n) is 5.06. The van der Waals surface area contributed by atoms with E-state index in [-0.39, 0.29) is 30.1 Å². The predicted molar refractivity (Wildman–Crippen MR) is 150 cm³/mol. The number of nitrogens with zero attached hydrogens (tertiary/aromatic N) is 1. The number of rotatable bonds is 16. The molecule has 0 spiro atoms. The van der Waals surface area contributed by atoms with E-state index in [0.29, 0.717) is 25.5 Å². The molecule has 1 fully saturated rings. The number of aromatic nitrogens is 1. The van der Waals surface area contributed by atoms with Crippen LogP contribution < -0.4 is 33.5 Å². The Morgan fingerprint density at radius 2 is 1.62 bits per heavy atom. The lowest BCUT2D eigenvalue weighted by molar-refractivity contribution is -0.380. The summed E-state index contributed by atoms with van der Waals surface area (Å²) in [5.41, 5.74) is 6.06. The zero-order chi connectivity index (χ0) is 27.0. The first-order valence-corrected chi connectivity index (χ1v) is 14.6. The van der Waals surface area contributed by atoms with Gasteiger partial charge in [-0.1, -0.05) is 51.2 Å². The second kappa shape index (κ2) is 18.6. The summed E-state index contributed by atoms with van der Waals surface area (Å²) >= 11 is 0. The SMILES string of the molecule is CCCCCCCCNC(=O)[C@H](Cc1ccc(OCc2ccncc2)cc1)NC(=O)C1CCC(C[NH3+])CC1.[Cl-]. The van der Waals surface area contributed by atoms with Gasteiger partial charge in [-0.2, -0.15) is 0 Å². The predicted octanol–water partition coefficient (Wildman–Crippen LogP) is 1.22. The van der Waals surface area contributed by atoms with Crippen molar-refractivity contribution in [3.8, 4) is 5.75 Å².